The molecule has 0 atom stereocenters. The number of carbonyl (C=O) groups is 1. The van der Waals surface area contributed by atoms with Gasteiger partial charge in [-0.1, -0.05) is 20.8 Å². The second kappa shape index (κ2) is 8.43. The predicted molar refractivity (Wildman–Crippen MR) is 128 cm³/mol. The molecule has 0 spiro atoms. The number of aliphatic hydroxyl groups excluding tert-OH is 1. The van der Waals surface area contributed by atoms with Crippen molar-refractivity contribution in [1.82, 2.24) is 0 Å². The lowest BCUT2D eigenvalue weighted by molar-refractivity contribution is -0.122. The SMILES string of the molecule is CCC1=C(O)c2c(oc(-c3ccc(OC)c4ccc(OC)cc34)cc2=O)C(CC)(CC)C1=O. The van der Waals surface area contributed by atoms with E-state index in [0.29, 0.717) is 42.1 Å². The van der Waals surface area contributed by atoms with E-state index in [0.717, 1.165) is 10.8 Å². The first-order valence-corrected chi connectivity index (χ1v) is 11.2. The Morgan fingerprint density at radius 2 is 1.67 bits per heavy atom. The van der Waals surface area contributed by atoms with Gasteiger partial charge in [-0.3, -0.25) is 9.59 Å². The van der Waals surface area contributed by atoms with Crippen LogP contribution in [-0.2, 0) is 10.2 Å². The van der Waals surface area contributed by atoms with Crippen LogP contribution in [0.3, 0.4) is 0 Å². The van der Waals surface area contributed by atoms with Gasteiger partial charge in [0.15, 0.2) is 11.2 Å². The average molecular weight is 449 g/mol. The fourth-order valence-corrected chi connectivity index (χ4v) is 4.88. The zero-order chi connectivity index (χ0) is 23.9. The molecule has 1 heterocycles. The largest absolute Gasteiger partial charge is 0.507 e. The molecule has 1 aromatic heterocycles. The molecule has 0 radical (unpaired) electrons. The summed E-state index contributed by atoms with van der Waals surface area (Å²) >= 11 is 0. The smallest absolute Gasteiger partial charge is 0.196 e. The van der Waals surface area contributed by atoms with Crippen molar-refractivity contribution in [3.63, 3.8) is 0 Å². The summed E-state index contributed by atoms with van der Waals surface area (Å²) in [6.07, 6.45) is 1.25. The first kappa shape index (κ1) is 22.6. The van der Waals surface area contributed by atoms with Crippen LogP contribution < -0.4 is 14.9 Å². The molecule has 6 nitrogen and oxygen atoms in total. The standard InChI is InChI=1S/C27H28O6/c1-6-16-24(29)23-20(28)14-22(33-26(23)27(7-2,8-3)25(16)30)18-11-12-21(32-5)17-10-9-15(31-4)13-19(17)18/h9-14,29H,6-8H2,1-5H3. The molecule has 0 unspecified atom stereocenters. The molecular formula is C27H28O6. The number of fused-ring (bicyclic) bond motifs is 2. The summed E-state index contributed by atoms with van der Waals surface area (Å²) in [5.74, 6) is 1.44. The lowest BCUT2D eigenvalue weighted by Crippen LogP contribution is -2.41. The Kier molecular flexibility index (Phi) is 5.78. The van der Waals surface area contributed by atoms with Gasteiger partial charge in [-0.05, 0) is 49.6 Å². The summed E-state index contributed by atoms with van der Waals surface area (Å²) in [5, 5.41) is 12.4. The lowest BCUT2D eigenvalue weighted by Gasteiger charge is -2.35. The summed E-state index contributed by atoms with van der Waals surface area (Å²) in [6, 6.07) is 10.6. The van der Waals surface area contributed by atoms with Crippen LogP contribution in [0, 0.1) is 0 Å². The molecule has 0 amide bonds. The van der Waals surface area contributed by atoms with Crippen molar-refractivity contribution in [2.45, 2.75) is 45.4 Å². The number of carbonyl (C=O) groups excluding carboxylic acids is 1. The average Bonchev–Trinajstić information content (AvgIpc) is 2.83. The van der Waals surface area contributed by atoms with E-state index in [2.05, 4.69) is 0 Å². The second-order valence-corrected chi connectivity index (χ2v) is 8.20. The number of allylic oxidation sites excluding steroid dienone is 1. The number of hydrogen-bond donors (Lipinski definition) is 1. The van der Waals surface area contributed by atoms with Crippen molar-refractivity contribution in [2.75, 3.05) is 14.2 Å². The molecule has 0 aliphatic heterocycles. The van der Waals surface area contributed by atoms with Crippen LogP contribution in [0.25, 0.3) is 27.9 Å². The van der Waals surface area contributed by atoms with Crippen molar-refractivity contribution >= 4 is 22.3 Å². The van der Waals surface area contributed by atoms with Crippen molar-refractivity contribution in [1.29, 1.82) is 0 Å². The third-order valence-corrected chi connectivity index (χ3v) is 6.84. The van der Waals surface area contributed by atoms with Crippen LogP contribution in [0.5, 0.6) is 11.5 Å². The maximum Gasteiger partial charge on any atom is 0.196 e. The van der Waals surface area contributed by atoms with Gasteiger partial charge in [0.05, 0.1) is 19.6 Å². The molecule has 2 aromatic carbocycles. The van der Waals surface area contributed by atoms with Gasteiger partial charge >= 0.3 is 0 Å². The van der Waals surface area contributed by atoms with E-state index in [9.17, 15) is 14.7 Å². The minimum Gasteiger partial charge on any atom is -0.507 e. The molecular weight excluding hydrogens is 420 g/mol. The number of rotatable bonds is 6. The van der Waals surface area contributed by atoms with E-state index in [1.165, 1.54) is 6.07 Å². The third-order valence-electron chi connectivity index (χ3n) is 6.84. The lowest BCUT2D eigenvalue weighted by atomic mass is 9.68. The Bertz CT molecular complexity index is 1340. The highest BCUT2D eigenvalue weighted by Crippen LogP contribution is 2.45. The topological polar surface area (TPSA) is 86.0 Å². The van der Waals surface area contributed by atoms with Crippen LogP contribution in [-0.4, -0.2) is 25.1 Å². The minimum atomic E-state index is -0.998. The number of hydrogen-bond acceptors (Lipinski definition) is 6. The fourth-order valence-electron chi connectivity index (χ4n) is 4.88. The molecule has 0 fully saturated rings. The number of methoxy groups -OCH3 is 2. The first-order chi connectivity index (χ1) is 15.9. The molecule has 6 heteroatoms. The van der Waals surface area contributed by atoms with Gasteiger partial charge in [0.2, 0.25) is 0 Å². The predicted octanol–water partition coefficient (Wildman–Crippen LogP) is 5.80. The molecule has 1 aliphatic rings. The number of ether oxygens (including phenoxy) is 2. The van der Waals surface area contributed by atoms with Crippen molar-refractivity contribution in [3.05, 3.63) is 63.5 Å². The third kappa shape index (κ3) is 3.24. The van der Waals surface area contributed by atoms with E-state index in [1.807, 2.05) is 44.2 Å². The van der Waals surface area contributed by atoms with Crippen LogP contribution in [0.2, 0.25) is 0 Å². The zero-order valence-corrected chi connectivity index (χ0v) is 19.6. The van der Waals surface area contributed by atoms with E-state index in [1.54, 1.807) is 21.1 Å². The Balaban J connectivity index is 2.08. The Morgan fingerprint density at radius 3 is 2.27 bits per heavy atom. The van der Waals surface area contributed by atoms with Crippen molar-refractivity contribution in [3.8, 4) is 22.8 Å². The van der Waals surface area contributed by atoms with E-state index < -0.39 is 5.41 Å². The Morgan fingerprint density at radius 1 is 0.939 bits per heavy atom. The Hall–Kier alpha value is -3.54. The Labute approximate surface area is 192 Å². The van der Waals surface area contributed by atoms with Gasteiger partial charge in [0, 0.05) is 28.0 Å². The monoisotopic (exact) mass is 448 g/mol. The number of benzene rings is 2. The van der Waals surface area contributed by atoms with Gasteiger partial charge in [-0.15, -0.1) is 0 Å². The molecule has 0 saturated heterocycles. The minimum absolute atomic E-state index is 0.0919. The quantitative estimate of drug-likeness (QED) is 0.513. The molecule has 3 aromatic rings. The number of aliphatic hydroxyl groups is 1. The summed E-state index contributed by atoms with van der Waals surface area (Å²) < 4.78 is 17.3. The highest BCUT2D eigenvalue weighted by atomic mass is 16.5. The normalized spacial score (nSPS) is 15.0. The maximum absolute atomic E-state index is 13.4. The zero-order valence-electron chi connectivity index (χ0n) is 19.6. The summed E-state index contributed by atoms with van der Waals surface area (Å²) in [6.45, 7) is 5.61. The summed E-state index contributed by atoms with van der Waals surface area (Å²) in [4.78, 5) is 26.8. The van der Waals surface area contributed by atoms with Gasteiger partial charge in [-0.25, -0.2) is 0 Å². The first-order valence-electron chi connectivity index (χ1n) is 11.2. The van der Waals surface area contributed by atoms with E-state index >= 15 is 0 Å². The van der Waals surface area contributed by atoms with Crippen molar-refractivity contribution < 1.29 is 23.8 Å². The van der Waals surface area contributed by atoms with Gasteiger partial charge in [0.25, 0.3) is 0 Å². The molecule has 0 bridgehead atoms. The highest BCUT2D eigenvalue weighted by Gasteiger charge is 2.48. The maximum atomic E-state index is 13.4. The molecule has 4 rings (SSSR count). The van der Waals surface area contributed by atoms with Gasteiger partial charge < -0.3 is 19.0 Å². The molecule has 172 valence electrons. The van der Waals surface area contributed by atoms with Crippen molar-refractivity contribution in [2.24, 2.45) is 0 Å². The van der Waals surface area contributed by atoms with Crippen LogP contribution in [0.15, 0.2) is 51.2 Å². The van der Waals surface area contributed by atoms with Gasteiger partial charge in [0.1, 0.15) is 34.3 Å². The molecule has 1 aliphatic carbocycles. The van der Waals surface area contributed by atoms with Crippen LogP contribution in [0.4, 0.5) is 0 Å². The van der Waals surface area contributed by atoms with Crippen LogP contribution >= 0.6 is 0 Å². The van der Waals surface area contributed by atoms with E-state index in [-0.39, 0.29) is 33.9 Å². The molecule has 1 N–H and O–H groups in total. The van der Waals surface area contributed by atoms with Gasteiger partial charge in [-0.2, -0.15) is 0 Å². The van der Waals surface area contributed by atoms with Crippen LogP contribution in [0.1, 0.15) is 51.4 Å². The summed E-state index contributed by atoms with van der Waals surface area (Å²) in [5.41, 5.74) is -0.328. The molecule has 33 heavy (non-hydrogen) atoms. The number of ketones is 1. The fraction of sp³-hybridized carbons (Fsp3) is 0.333. The van der Waals surface area contributed by atoms with E-state index in [4.69, 9.17) is 13.9 Å². The highest BCUT2D eigenvalue weighted by molar-refractivity contribution is 6.10. The number of Topliss-reactive ketones (excluding diaryl/α,β-unsaturated/α-hetero) is 1. The summed E-state index contributed by atoms with van der Waals surface area (Å²) in [7, 11) is 3.18. The second-order valence-electron chi connectivity index (χ2n) is 8.20. The molecule has 0 saturated carbocycles.